The molecule has 0 N–H and O–H groups in total. The lowest BCUT2D eigenvalue weighted by Gasteiger charge is -2.31. The number of piperidine rings is 1. The average Bonchev–Trinajstić information content (AvgIpc) is 3.29. The van der Waals surface area contributed by atoms with Gasteiger partial charge in [-0.2, -0.15) is 0 Å². The molecule has 1 aromatic carbocycles. The highest BCUT2D eigenvalue weighted by atomic mass is 79.9. The molecule has 1 fully saturated rings. The number of aromatic nitrogens is 1. The Balaban J connectivity index is 1.65. The number of fused-ring (bicyclic) bond motifs is 1. The van der Waals surface area contributed by atoms with E-state index < -0.39 is 0 Å². The van der Waals surface area contributed by atoms with Gasteiger partial charge in [0.1, 0.15) is 5.69 Å². The summed E-state index contributed by atoms with van der Waals surface area (Å²) in [4.78, 5) is 27.5. The summed E-state index contributed by atoms with van der Waals surface area (Å²) < 4.78 is 9.36. The molecule has 0 spiro atoms. The Morgan fingerprint density at radius 1 is 1.27 bits per heavy atom. The van der Waals surface area contributed by atoms with Gasteiger partial charge in [-0.25, -0.2) is 0 Å². The van der Waals surface area contributed by atoms with E-state index in [1.807, 2.05) is 17.9 Å². The van der Waals surface area contributed by atoms with Gasteiger partial charge < -0.3 is 14.2 Å². The smallest absolute Gasteiger partial charge is 0.310 e. The third-order valence-corrected chi connectivity index (χ3v) is 7.41. The van der Waals surface area contributed by atoms with Gasteiger partial charge in [-0.05, 0) is 54.2 Å². The zero-order valence-corrected chi connectivity index (χ0v) is 19.6. The monoisotopic (exact) mass is 488 g/mol. The lowest BCUT2D eigenvalue weighted by Crippen LogP contribution is -2.43. The number of hydrogen-bond acceptors (Lipinski definition) is 4. The highest BCUT2D eigenvalue weighted by molar-refractivity contribution is 9.10. The van der Waals surface area contributed by atoms with Crippen LogP contribution in [0.25, 0.3) is 10.2 Å². The topological polar surface area (TPSA) is 51.5 Å². The molecule has 3 aromatic rings. The summed E-state index contributed by atoms with van der Waals surface area (Å²) in [5.41, 5.74) is 4.07. The van der Waals surface area contributed by atoms with Crippen molar-refractivity contribution in [1.82, 2.24) is 9.47 Å². The average molecular weight is 489 g/mol. The van der Waals surface area contributed by atoms with Crippen LogP contribution in [-0.4, -0.2) is 41.0 Å². The van der Waals surface area contributed by atoms with E-state index in [0.29, 0.717) is 31.9 Å². The summed E-state index contributed by atoms with van der Waals surface area (Å²) in [7, 11) is 0. The molecule has 5 nitrogen and oxygen atoms in total. The molecule has 1 unspecified atom stereocenters. The lowest BCUT2D eigenvalue weighted by atomic mass is 9.98. The largest absolute Gasteiger partial charge is 0.466 e. The molecule has 0 aliphatic carbocycles. The van der Waals surface area contributed by atoms with Crippen LogP contribution in [0.15, 0.2) is 40.2 Å². The molecule has 7 heteroatoms. The first kappa shape index (κ1) is 21.1. The van der Waals surface area contributed by atoms with Crippen molar-refractivity contribution in [3.63, 3.8) is 0 Å². The quantitative estimate of drug-likeness (QED) is 0.461. The number of thiophene rings is 1. The van der Waals surface area contributed by atoms with Crippen LogP contribution in [0.1, 0.15) is 41.4 Å². The highest BCUT2D eigenvalue weighted by Crippen LogP contribution is 2.34. The van der Waals surface area contributed by atoms with Crippen molar-refractivity contribution in [2.24, 2.45) is 5.92 Å². The number of benzene rings is 1. The Bertz CT molecular complexity index is 1070. The van der Waals surface area contributed by atoms with Gasteiger partial charge in [-0.3, -0.25) is 9.59 Å². The van der Waals surface area contributed by atoms with Gasteiger partial charge in [0, 0.05) is 25.0 Å². The molecule has 1 aliphatic rings. The zero-order chi connectivity index (χ0) is 21.3. The van der Waals surface area contributed by atoms with Gasteiger partial charge in [-0.15, -0.1) is 11.3 Å². The number of halogens is 1. The van der Waals surface area contributed by atoms with Crippen LogP contribution in [0.5, 0.6) is 0 Å². The molecular formula is C23H25BrN2O3S. The highest BCUT2D eigenvalue weighted by Gasteiger charge is 2.31. The molecule has 4 rings (SSSR count). The molecular weight excluding hydrogens is 464 g/mol. The Kier molecular flexibility index (Phi) is 6.29. The van der Waals surface area contributed by atoms with Crippen LogP contribution in [0.3, 0.4) is 0 Å². The molecule has 1 atom stereocenters. The van der Waals surface area contributed by atoms with Gasteiger partial charge in [0.15, 0.2) is 0 Å². The normalized spacial score (nSPS) is 16.8. The number of amides is 1. The molecule has 0 radical (unpaired) electrons. The molecule has 0 bridgehead atoms. The first-order chi connectivity index (χ1) is 14.5. The SMILES string of the molecule is CCOC(=O)C1CCCN(C(=O)c2cc3scc(Br)c3n2Cc2ccc(C)cc2)C1. The van der Waals surface area contributed by atoms with Crippen molar-refractivity contribution in [2.45, 2.75) is 33.2 Å². The van der Waals surface area contributed by atoms with Crippen LogP contribution in [0, 0.1) is 12.8 Å². The second-order valence-electron chi connectivity index (χ2n) is 7.74. The number of hydrogen-bond donors (Lipinski definition) is 0. The molecule has 0 saturated carbocycles. The number of likely N-dealkylation sites (tertiary alicyclic amines) is 1. The molecule has 3 heterocycles. The van der Waals surface area contributed by atoms with E-state index in [1.165, 1.54) is 5.56 Å². The van der Waals surface area contributed by atoms with Gasteiger partial charge >= 0.3 is 5.97 Å². The number of carbonyl (C=O) groups excluding carboxylic acids is 2. The Labute approximate surface area is 188 Å². The van der Waals surface area contributed by atoms with E-state index in [-0.39, 0.29) is 17.8 Å². The maximum atomic E-state index is 13.5. The van der Waals surface area contributed by atoms with Crippen LogP contribution in [0.4, 0.5) is 0 Å². The second-order valence-corrected chi connectivity index (χ2v) is 9.51. The first-order valence-corrected chi connectivity index (χ1v) is 11.9. The minimum atomic E-state index is -0.240. The fourth-order valence-corrected chi connectivity index (χ4v) is 5.72. The summed E-state index contributed by atoms with van der Waals surface area (Å²) in [6, 6.07) is 10.4. The molecule has 158 valence electrons. The van der Waals surface area contributed by atoms with E-state index in [2.05, 4.69) is 57.1 Å². The zero-order valence-electron chi connectivity index (χ0n) is 17.2. The van der Waals surface area contributed by atoms with Gasteiger partial charge in [0.25, 0.3) is 5.91 Å². The fourth-order valence-electron chi connectivity index (χ4n) is 4.02. The van der Waals surface area contributed by atoms with Crippen molar-refractivity contribution >= 4 is 49.4 Å². The predicted octanol–water partition coefficient (Wildman–Crippen LogP) is 5.24. The number of aryl methyl sites for hydroxylation is 1. The van der Waals surface area contributed by atoms with E-state index >= 15 is 0 Å². The van der Waals surface area contributed by atoms with E-state index in [0.717, 1.165) is 33.1 Å². The van der Waals surface area contributed by atoms with Gasteiger partial charge in [-0.1, -0.05) is 29.8 Å². The van der Waals surface area contributed by atoms with E-state index in [1.54, 1.807) is 11.3 Å². The number of esters is 1. The Hall–Kier alpha value is -2.12. The number of carbonyl (C=O) groups is 2. The summed E-state index contributed by atoms with van der Waals surface area (Å²) >= 11 is 5.28. The van der Waals surface area contributed by atoms with Crippen LogP contribution in [0.2, 0.25) is 0 Å². The van der Waals surface area contributed by atoms with Gasteiger partial charge in [0.05, 0.1) is 27.2 Å². The summed E-state index contributed by atoms with van der Waals surface area (Å²) in [6.07, 6.45) is 1.58. The fraction of sp³-hybridized carbons (Fsp3) is 0.391. The summed E-state index contributed by atoms with van der Waals surface area (Å²) in [6.45, 7) is 5.95. The molecule has 1 amide bonds. The molecule has 2 aromatic heterocycles. The number of nitrogens with zero attached hydrogens (tertiary/aromatic N) is 2. The Morgan fingerprint density at radius 2 is 2.03 bits per heavy atom. The van der Waals surface area contributed by atoms with Crippen molar-refractivity contribution in [2.75, 3.05) is 19.7 Å². The number of rotatable bonds is 5. The van der Waals surface area contributed by atoms with Crippen molar-refractivity contribution in [3.05, 3.63) is 57.0 Å². The maximum Gasteiger partial charge on any atom is 0.310 e. The van der Waals surface area contributed by atoms with Gasteiger partial charge in [0.2, 0.25) is 0 Å². The molecule has 30 heavy (non-hydrogen) atoms. The summed E-state index contributed by atoms with van der Waals surface area (Å²) in [5.74, 6) is -0.462. The predicted molar refractivity (Wildman–Crippen MR) is 123 cm³/mol. The summed E-state index contributed by atoms with van der Waals surface area (Å²) in [5, 5.41) is 2.06. The van der Waals surface area contributed by atoms with Crippen molar-refractivity contribution in [1.29, 1.82) is 0 Å². The standard InChI is InChI=1S/C23H25BrN2O3S/c1-3-29-23(28)17-5-4-10-25(13-17)22(27)19-11-20-21(18(24)14-30-20)26(19)12-16-8-6-15(2)7-9-16/h6-9,11,14,17H,3-5,10,12-13H2,1-2H3. The van der Waals surface area contributed by atoms with Crippen LogP contribution >= 0.6 is 27.3 Å². The third-order valence-electron chi connectivity index (χ3n) is 5.59. The van der Waals surface area contributed by atoms with Crippen LogP contribution < -0.4 is 0 Å². The van der Waals surface area contributed by atoms with Crippen molar-refractivity contribution < 1.29 is 14.3 Å². The first-order valence-electron chi connectivity index (χ1n) is 10.3. The second kappa shape index (κ2) is 8.94. The maximum absolute atomic E-state index is 13.5. The molecule has 1 saturated heterocycles. The Morgan fingerprint density at radius 3 is 2.77 bits per heavy atom. The van der Waals surface area contributed by atoms with Crippen LogP contribution in [-0.2, 0) is 16.1 Å². The van der Waals surface area contributed by atoms with E-state index in [9.17, 15) is 9.59 Å². The third kappa shape index (κ3) is 4.18. The number of ether oxygens (including phenoxy) is 1. The minimum Gasteiger partial charge on any atom is -0.466 e. The minimum absolute atomic E-state index is 0.0218. The van der Waals surface area contributed by atoms with Crippen molar-refractivity contribution in [3.8, 4) is 0 Å². The lowest BCUT2D eigenvalue weighted by molar-refractivity contribution is -0.149. The van der Waals surface area contributed by atoms with E-state index in [4.69, 9.17) is 4.74 Å². The molecule has 1 aliphatic heterocycles.